The van der Waals surface area contributed by atoms with Crippen LogP contribution in [-0.4, -0.2) is 16.1 Å². The van der Waals surface area contributed by atoms with Gasteiger partial charge in [0.15, 0.2) is 0 Å². The summed E-state index contributed by atoms with van der Waals surface area (Å²) >= 11 is 0. The van der Waals surface area contributed by atoms with Crippen molar-refractivity contribution >= 4 is 5.97 Å². The van der Waals surface area contributed by atoms with Gasteiger partial charge in [0.1, 0.15) is 5.82 Å². The zero-order valence-electron chi connectivity index (χ0n) is 10.5. The number of benzene rings is 1. The van der Waals surface area contributed by atoms with Crippen LogP contribution in [0.4, 0.5) is 17.6 Å². The normalized spacial score (nSPS) is 11.4. The Labute approximate surface area is 116 Å². The van der Waals surface area contributed by atoms with E-state index in [2.05, 4.69) is 4.98 Å². The Morgan fingerprint density at radius 2 is 1.90 bits per heavy atom. The number of carbonyl (C=O) groups is 1. The highest BCUT2D eigenvalue weighted by Crippen LogP contribution is 2.37. The van der Waals surface area contributed by atoms with E-state index in [9.17, 15) is 22.4 Å². The van der Waals surface area contributed by atoms with Crippen LogP contribution in [0.2, 0.25) is 0 Å². The summed E-state index contributed by atoms with van der Waals surface area (Å²) in [5.41, 5.74) is -1.53. The quantitative estimate of drug-likeness (QED) is 0.882. The molecule has 0 amide bonds. The summed E-state index contributed by atoms with van der Waals surface area (Å²) in [5, 5.41) is 8.79. The molecule has 2 aromatic rings. The number of hydrogen-bond donors (Lipinski definition) is 1. The second-order valence-corrected chi connectivity index (χ2v) is 4.28. The maximum atomic E-state index is 13.2. The number of aliphatic carboxylic acids is 1. The first-order chi connectivity index (χ1) is 9.79. The van der Waals surface area contributed by atoms with Gasteiger partial charge in [0, 0.05) is 5.56 Å². The first-order valence-corrected chi connectivity index (χ1v) is 5.82. The summed E-state index contributed by atoms with van der Waals surface area (Å²) < 4.78 is 52.1. The van der Waals surface area contributed by atoms with Crippen LogP contribution in [-0.2, 0) is 17.4 Å². The lowest BCUT2D eigenvalue weighted by Crippen LogP contribution is -2.10. The summed E-state index contributed by atoms with van der Waals surface area (Å²) in [6, 6.07) is 5.51. The van der Waals surface area contributed by atoms with Gasteiger partial charge >= 0.3 is 12.1 Å². The SMILES string of the molecule is O=C(O)Cc1cc(F)cnc1-c1ccccc1C(F)(F)F. The van der Waals surface area contributed by atoms with Crippen LogP contribution in [0.25, 0.3) is 11.3 Å². The fourth-order valence-corrected chi connectivity index (χ4v) is 1.96. The number of rotatable bonds is 3. The predicted molar refractivity (Wildman–Crippen MR) is 66.0 cm³/mol. The number of alkyl halides is 3. The van der Waals surface area contributed by atoms with E-state index in [-0.39, 0.29) is 16.8 Å². The van der Waals surface area contributed by atoms with Crippen molar-refractivity contribution in [2.75, 3.05) is 0 Å². The molecule has 3 nitrogen and oxygen atoms in total. The van der Waals surface area contributed by atoms with Crippen molar-refractivity contribution < 1.29 is 27.5 Å². The average molecular weight is 299 g/mol. The Bertz CT molecular complexity index is 683. The van der Waals surface area contributed by atoms with Crippen molar-refractivity contribution in [2.24, 2.45) is 0 Å². The monoisotopic (exact) mass is 299 g/mol. The molecule has 0 bridgehead atoms. The van der Waals surface area contributed by atoms with Crippen molar-refractivity contribution in [2.45, 2.75) is 12.6 Å². The Morgan fingerprint density at radius 3 is 2.52 bits per heavy atom. The molecule has 1 heterocycles. The van der Waals surface area contributed by atoms with Crippen LogP contribution in [0.5, 0.6) is 0 Å². The summed E-state index contributed by atoms with van der Waals surface area (Å²) in [6.07, 6.45) is -4.48. The van der Waals surface area contributed by atoms with Crippen molar-refractivity contribution in [3.63, 3.8) is 0 Å². The minimum absolute atomic E-state index is 0.112. The maximum absolute atomic E-state index is 13.2. The first kappa shape index (κ1) is 15.0. The standard InChI is InChI=1S/C14H9F4NO2/c15-9-5-8(6-12(20)21)13(19-7-9)10-3-1-2-4-11(10)14(16,17)18/h1-5,7H,6H2,(H,20,21). The Balaban J connectivity index is 2.65. The highest BCUT2D eigenvalue weighted by atomic mass is 19.4. The molecule has 1 aromatic heterocycles. The van der Waals surface area contributed by atoms with Crippen LogP contribution in [0.1, 0.15) is 11.1 Å². The summed E-state index contributed by atoms with van der Waals surface area (Å²) in [7, 11) is 0. The van der Waals surface area contributed by atoms with E-state index in [1.54, 1.807) is 0 Å². The minimum Gasteiger partial charge on any atom is -0.481 e. The number of aromatic nitrogens is 1. The van der Waals surface area contributed by atoms with Gasteiger partial charge in [-0.2, -0.15) is 13.2 Å². The summed E-state index contributed by atoms with van der Waals surface area (Å²) in [5.74, 6) is -2.09. The number of carboxylic acid groups (broad SMARTS) is 1. The Morgan fingerprint density at radius 1 is 1.24 bits per heavy atom. The number of hydrogen-bond acceptors (Lipinski definition) is 2. The number of halogens is 4. The van der Waals surface area contributed by atoms with Gasteiger partial charge in [0.25, 0.3) is 0 Å². The van der Waals surface area contributed by atoms with Crippen molar-refractivity contribution in [1.82, 2.24) is 4.98 Å². The van der Waals surface area contributed by atoms with Crippen LogP contribution in [0, 0.1) is 5.82 Å². The van der Waals surface area contributed by atoms with E-state index in [1.807, 2.05) is 0 Å². The molecule has 110 valence electrons. The van der Waals surface area contributed by atoms with Gasteiger partial charge in [-0.15, -0.1) is 0 Å². The molecule has 21 heavy (non-hydrogen) atoms. The van der Waals surface area contributed by atoms with Crippen LogP contribution >= 0.6 is 0 Å². The molecule has 0 unspecified atom stereocenters. The van der Waals surface area contributed by atoms with Gasteiger partial charge in [-0.05, 0) is 17.7 Å². The number of nitrogens with zero attached hydrogens (tertiary/aromatic N) is 1. The van der Waals surface area contributed by atoms with Gasteiger partial charge in [-0.25, -0.2) is 4.39 Å². The smallest absolute Gasteiger partial charge is 0.417 e. The van der Waals surface area contributed by atoms with E-state index in [0.29, 0.717) is 0 Å². The second-order valence-electron chi connectivity index (χ2n) is 4.28. The zero-order valence-corrected chi connectivity index (χ0v) is 10.5. The van der Waals surface area contributed by atoms with E-state index in [1.165, 1.54) is 18.2 Å². The van der Waals surface area contributed by atoms with Gasteiger partial charge in [-0.3, -0.25) is 9.78 Å². The van der Waals surface area contributed by atoms with Gasteiger partial charge in [0.05, 0.1) is 23.9 Å². The molecule has 1 N–H and O–H groups in total. The zero-order chi connectivity index (χ0) is 15.6. The highest BCUT2D eigenvalue weighted by molar-refractivity contribution is 5.76. The lowest BCUT2D eigenvalue weighted by molar-refractivity contribution is -0.137. The number of carboxylic acids is 1. The van der Waals surface area contributed by atoms with E-state index in [4.69, 9.17) is 5.11 Å². The van der Waals surface area contributed by atoms with Gasteiger partial charge < -0.3 is 5.11 Å². The lowest BCUT2D eigenvalue weighted by atomic mass is 9.98. The van der Waals surface area contributed by atoms with Crippen molar-refractivity contribution in [1.29, 1.82) is 0 Å². The molecule has 0 aliphatic heterocycles. The largest absolute Gasteiger partial charge is 0.481 e. The molecule has 7 heteroatoms. The fourth-order valence-electron chi connectivity index (χ4n) is 1.96. The van der Waals surface area contributed by atoms with E-state index in [0.717, 1.165) is 18.3 Å². The highest BCUT2D eigenvalue weighted by Gasteiger charge is 2.34. The molecule has 0 atom stereocenters. The predicted octanol–water partition coefficient (Wildman–Crippen LogP) is 3.53. The molecule has 0 saturated carbocycles. The third kappa shape index (κ3) is 3.36. The van der Waals surface area contributed by atoms with Crippen LogP contribution in [0.3, 0.4) is 0 Å². The molecule has 0 radical (unpaired) electrons. The fraction of sp³-hybridized carbons (Fsp3) is 0.143. The Kier molecular flexibility index (Phi) is 3.93. The molecular weight excluding hydrogens is 290 g/mol. The van der Waals surface area contributed by atoms with Crippen LogP contribution in [0.15, 0.2) is 36.5 Å². The molecule has 0 aliphatic rings. The van der Waals surface area contributed by atoms with Crippen molar-refractivity contribution in [3.8, 4) is 11.3 Å². The average Bonchev–Trinajstić information content (AvgIpc) is 2.37. The topological polar surface area (TPSA) is 50.2 Å². The molecule has 0 saturated heterocycles. The lowest BCUT2D eigenvalue weighted by Gasteiger charge is -2.14. The van der Waals surface area contributed by atoms with E-state index >= 15 is 0 Å². The third-order valence-electron chi connectivity index (χ3n) is 2.76. The molecule has 0 fully saturated rings. The molecule has 2 rings (SSSR count). The Hall–Kier alpha value is -2.44. The molecular formula is C14H9F4NO2. The van der Waals surface area contributed by atoms with E-state index < -0.39 is 29.9 Å². The third-order valence-corrected chi connectivity index (χ3v) is 2.76. The number of pyridine rings is 1. The van der Waals surface area contributed by atoms with Gasteiger partial charge in [-0.1, -0.05) is 18.2 Å². The molecule has 1 aromatic carbocycles. The maximum Gasteiger partial charge on any atom is 0.417 e. The summed E-state index contributed by atoms with van der Waals surface area (Å²) in [6.45, 7) is 0. The summed E-state index contributed by atoms with van der Waals surface area (Å²) in [4.78, 5) is 14.4. The second kappa shape index (κ2) is 5.51. The minimum atomic E-state index is -4.62. The van der Waals surface area contributed by atoms with Crippen LogP contribution < -0.4 is 0 Å². The first-order valence-electron chi connectivity index (χ1n) is 5.82. The van der Waals surface area contributed by atoms with Crippen molar-refractivity contribution in [3.05, 3.63) is 53.5 Å². The van der Waals surface area contributed by atoms with Gasteiger partial charge in [0.2, 0.25) is 0 Å². The molecule has 0 aliphatic carbocycles. The molecule has 0 spiro atoms.